The number of nitrogen functional groups attached to an aromatic ring is 2. The number of carbonyl (C=O) groups excluding carboxylic acids is 1. The van der Waals surface area contributed by atoms with Crippen molar-refractivity contribution in [2.75, 3.05) is 18.2 Å². The Morgan fingerprint density at radius 1 is 1.69 bits per heavy atom. The van der Waals surface area contributed by atoms with Gasteiger partial charge in [-0.2, -0.15) is 0 Å². The second kappa shape index (κ2) is 3.38. The molecule has 4 N–H and O–H groups in total. The Bertz CT molecular complexity index is 330. The highest BCUT2D eigenvalue weighted by Crippen LogP contribution is 2.17. The van der Waals surface area contributed by atoms with Crippen molar-refractivity contribution in [3.8, 4) is 0 Å². The molecular formula is C8H13N3O2. The third-order valence-electron chi connectivity index (χ3n) is 1.74. The van der Waals surface area contributed by atoms with Crippen LogP contribution in [0.1, 0.15) is 22.8 Å². The molecule has 0 unspecified atom stereocenters. The number of carbonyl (C=O) groups is 1. The van der Waals surface area contributed by atoms with Crippen molar-refractivity contribution in [3.05, 3.63) is 17.3 Å². The molecule has 0 aliphatic carbocycles. The lowest BCUT2D eigenvalue weighted by molar-refractivity contribution is 0.0527. The Labute approximate surface area is 76.2 Å². The third-order valence-corrected chi connectivity index (χ3v) is 1.74. The van der Waals surface area contributed by atoms with Crippen molar-refractivity contribution in [1.82, 2.24) is 4.68 Å². The predicted molar refractivity (Wildman–Crippen MR) is 49.7 cm³/mol. The molecule has 0 aromatic carbocycles. The van der Waals surface area contributed by atoms with Crippen LogP contribution in [0.25, 0.3) is 0 Å². The molecule has 0 saturated carbocycles. The number of aromatic nitrogens is 1. The average Bonchev–Trinajstić information content (AvgIpc) is 2.27. The highest BCUT2D eigenvalue weighted by atomic mass is 16.5. The predicted octanol–water partition coefficient (Wildman–Crippen LogP) is 0.269. The largest absolute Gasteiger partial charge is 0.462 e. The van der Waals surface area contributed by atoms with E-state index in [0.717, 1.165) is 5.56 Å². The molecule has 0 fully saturated rings. The fraction of sp³-hybridized carbons (Fsp3) is 0.375. The van der Waals surface area contributed by atoms with Gasteiger partial charge in [0.2, 0.25) is 0 Å². The van der Waals surface area contributed by atoms with Crippen LogP contribution in [0.5, 0.6) is 0 Å². The summed E-state index contributed by atoms with van der Waals surface area (Å²) in [6.07, 6.45) is 1.58. The van der Waals surface area contributed by atoms with E-state index in [2.05, 4.69) is 0 Å². The van der Waals surface area contributed by atoms with Crippen LogP contribution in [0.15, 0.2) is 6.20 Å². The van der Waals surface area contributed by atoms with Crippen LogP contribution < -0.4 is 11.6 Å². The van der Waals surface area contributed by atoms with Gasteiger partial charge in [-0.3, -0.25) is 4.68 Å². The SMILES string of the molecule is CCOC(=O)c1c(C)cn(N)c1N. The Morgan fingerprint density at radius 3 is 2.69 bits per heavy atom. The minimum absolute atomic E-state index is 0.232. The molecule has 0 amide bonds. The minimum Gasteiger partial charge on any atom is -0.462 e. The molecule has 0 bridgehead atoms. The van der Waals surface area contributed by atoms with Crippen LogP contribution in [-0.4, -0.2) is 17.3 Å². The standard InChI is InChI=1S/C8H13N3O2/c1-3-13-8(12)6-5(2)4-11(10)7(6)9/h4H,3,9-10H2,1-2H3. The van der Waals surface area contributed by atoms with Gasteiger partial charge in [0, 0.05) is 6.20 Å². The summed E-state index contributed by atoms with van der Waals surface area (Å²) in [5, 5.41) is 0. The summed E-state index contributed by atoms with van der Waals surface area (Å²) in [5.41, 5.74) is 6.64. The van der Waals surface area contributed by atoms with Gasteiger partial charge in [-0.05, 0) is 19.4 Å². The zero-order valence-electron chi connectivity index (χ0n) is 7.70. The molecule has 0 spiro atoms. The van der Waals surface area contributed by atoms with Crippen molar-refractivity contribution < 1.29 is 9.53 Å². The number of anilines is 1. The molecule has 1 aromatic heterocycles. The Kier molecular flexibility index (Phi) is 2.46. The molecule has 1 heterocycles. The molecule has 72 valence electrons. The molecule has 0 radical (unpaired) electrons. The number of hydrogen-bond donors (Lipinski definition) is 2. The van der Waals surface area contributed by atoms with Crippen LogP contribution in [-0.2, 0) is 4.74 Å². The van der Waals surface area contributed by atoms with Crippen molar-refractivity contribution in [2.45, 2.75) is 13.8 Å². The molecule has 5 heteroatoms. The summed E-state index contributed by atoms with van der Waals surface area (Å²) in [6.45, 7) is 3.82. The molecule has 13 heavy (non-hydrogen) atoms. The summed E-state index contributed by atoms with van der Waals surface area (Å²) >= 11 is 0. The summed E-state index contributed by atoms with van der Waals surface area (Å²) < 4.78 is 6.02. The Morgan fingerprint density at radius 2 is 2.31 bits per heavy atom. The van der Waals surface area contributed by atoms with Gasteiger partial charge in [-0.15, -0.1) is 0 Å². The first-order valence-electron chi connectivity index (χ1n) is 3.97. The number of aryl methyl sites for hydroxylation is 1. The van der Waals surface area contributed by atoms with Crippen molar-refractivity contribution in [1.29, 1.82) is 0 Å². The fourth-order valence-corrected chi connectivity index (χ4v) is 1.14. The summed E-state index contributed by atoms with van der Waals surface area (Å²) in [7, 11) is 0. The number of nitrogens with zero attached hydrogens (tertiary/aromatic N) is 1. The van der Waals surface area contributed by atoms with E-state index in [-0.39, 0.29) is 5.82 Å². The minimum atomic E-state index is -0.429. The molecule has 0 aliphatic rings. The molecule has 1 aromatic rings. The number of rotatable bonds is 2. The topological polar surface area (TPSA) is 83.3 Å². The van der Waals surface area contributed by atoms with E-state index in [1.54, 1.807) is 20.0 Å². The zero-order valence-corrected chi connectivity index (χ0v) is 7.70. The lowest BCUT2D eigenvalue weighted by Crippen LogP contribution is -2.13. The van der Waals surface area contributed by atoms with Gasteiger partial charge in [-0.25, -0.2) is 4.79 Å². The maximum atomic E-state index is 11.3. The number of ether oxygens (including phenoxy) is 1. The van der Waals surface area contributed by atoms with E-state index in [9.17, 15) is 4.79 Å². The molecular weight excluding hydrogens is 170 g/mol. The van der Waals surface area contributed by atoms with Crippen LogP contribution >= 0.6 is 0 Å². The smallest absolute Gasteiger partial charge is 0.342 e. The number of nitrogens with two attached hydrogens (primary N) is 2. The first-order valence-corrected chi connectivity index (χ1v) is 3.97. The molecule has 5 nitrogen and oxygen atoms in total. The van der Waals surface area contributed by atoms with Crippen LogP contribution in [0.2, 0.25) is 0 Å². The van der Waals surface area contributed by atoms with Gasteiger partial charge in [0.15, 0.2) is 0 Å². The highest BCUT2D eigenvalue weighted by Gasteiger charge is 2.17. The summed E-state index contributed by atoms with van der Waals surface area (Å²) in [5.74, 6) is 5.26. The van der Waals surface area contributed by atoms with Crippen molar-refractivity contribution in [2.24, 2.45) is 0 Å². The second-order valence-corrected chi connectivity index (χ2v) is 2.70. The maximum absolute atomic E-state index is 11.3. The van der Waals surface area contributed by atoms with E-state index in [1.807, 2.05) is 0 Å². The Hall–Kier alpha value is -1.65. The fourth-order valence-electron chi connectivity index (χ4n) is 1.14. The van der Waals surface area contributed by atoms with Crippen LogP contribution in [0.3, 0.4) is 0 Å². The summed E-state index contributed by atoms with van der Waals surface area (Å²) in [4.78, 5) is 11.3. The van der Waals surface area contributed by atoms with E-state index >= 15 is 0 Å². The third kappa shape index (κ3) is 1.58. The summed E-state index contributed by atoms with van der Waals surface area (Å²) in [6, 6.07) is 0. The number of esters is 1. The lowest BCUT2D eigenvalue weighted by Gasteiger charge is -2.02. The van der Waals surface area contributed by atoms with E-state index in [0.29, 0.717) is 12.2 Å². The van der Waals surface area contributed by atoms with Gasteiger partial charge in [0.05, 0.1) is 6.61 Å². The van der Waals surface area contributed by atoms with Crippen molar-refractivity contribution in [3.63, 3.8) is 0 Å². The van der Waals surface area contributed by atoms with Gasteiger partial charge < -0.3 is 16.3 Å². The van der Waals surface area contributed by atoms with Gasteiger partial charge in [0.1, 0.15) is 11.4 Å². The average molecular weight is 183 g/mol. The van der Waals surface area contributed by atoms with Gasteiger partial charge in [-0.1, -0.05) is 0 Å². The van der Waals surface area contributed by atoms with E-state index in [4.69, 9.17) is 16.3 Å². The molecule has 0 aliphatic heterocycles. The number of hydrogen-bond acceptors (Lipinski definition) is 4. The van der Waals surface area contributed by atoms with Gasteiger partial charge >= 0.3 is 5.97 Å². The maximum Gasteiger partial charge on any atom is 0.342 e. The zero-order chi connectivity index (χ0) is 10.0. The first kappa shape index (κ1) is 9.44. The van der Waals surface area contributed by atoms with Gasteiger partial charge in [0.25, 0.3) is 0 Å². The van der Waals surface area contributed by atoms with Crippen LogP contribution in [0, 0.1) is 6.92 Å². The Balaban J connectivity index is 3.06. The van der Waals surface area contributed by atoms with Crippen LogP contribution in [0.4, 0.5) is 5.82 Å². The quantitative estimate of drug-likeness (QED) is 0.509. The molecule has 0 saturated heterocycles. The van der Waals surface area contributed by atoms with E-state index < -0.39 is 5.97 Å². The van der Waals surface area contributed by atoms with Crippen molar-refractivity contribution >= 4 is 11.8 Å². The monoisotopic (exact) mass is 183 g/mol. The first-order chi connectivity index (χ1) is 6.07. The normalized spacial score (nSPS) is 10.0. The molecule has 1 rings (SSSR count). The lowest BCUT2D eigenvalue weighted by atomic mass is 10.2. The second-order valence-electron chi connectivity index (χ2n) is 2.70. The van der Waals surface area contributed by atoms with E-state index in [1.165, 1.54) is 4.68 Å². The highest BCUT2D eigenvalue weighted by molar-refractivity contribution is 5.96. The molecule has 0 atom stereocenters.